The maximum Gasteiger partial charge on any atom is 0.323 e. The second kappa shape index (κ2) is 11.7. The van der Waals surface area contributed by atoms with Gasteiger partial charge in [0, 0.05) is 11.7 Å². The molecule has 7 heteroatoms. The molecule has 0 aliphatic heterocycles. The van der Waals surface area contributed by atoms with E-state index < -0.39 is 17.9 Å². The van der Waals surface area contributed by atoms with Crippen molar-refractivity contribution in [2.75, 3.05) is 17.2 Å². The van der Waals surface area contributed by atoms with Crippen molar-refractivity contribution in [3.8, 4) is 11.1 Å². The Balaban J connectivity index is 1.69. The number of nitrogens with one attached hydrogen (secondary N) is 2. The van der Waals surface area contributed by atoms with E-state index in [1.807, 2.05) is 68.4 Å². The summed E-state index contributed by atoms with van der Waals surface area (Å²) in [7, 11) is 0. The minimum atomic E-state index is -1.05. The zero-order valence-corrected chi connectivity index (χ0v) is 21.3. The van der Waals surface area contributed by atoms with Crippen molar-refractivity contribution in [2.45, 2.75) is 52.0 Å². The number of amides is 3. The highest BCUT2D eigenvalue weighted by Crippen LogP contribution is 2.30. The van der Waals surface area contributed by atoms with Crippen LogP contribution in [0.3, 0.4) is 0 Å². The van der Waals surface area contributed by atoms with E-state index in [2.05, 4.69) is 10.6 Å². The number of benzene rings is 3. The number of rotatable bonds is 7. The zero-order valence-electron chi connectivity index (χ0n) is 21.3. The first-order valence-electron chi connectivity index (χ1n) is 12.7. The van der Waals surface area contributed by atoms with E-state index >= 15 is 0 Å². The Labute approximate surface area is 217 Å². The molecule has 0 unspecified atom stereocenters. The number of carbonyl (C=O) groups is 3. The van der Waals surface area contributed by atoms with Crippen molar-refractivity contribution in [3.63, 3.8) is 0 Å². The van der Waals surface area contributed by atoms with E-state index in [1.165, 1.54) is 4.90 Å². The maximum absolute atomic E-state index is 13.8. The zero-order chi connectivity index (χ0) is 26.4. The molecule has 0 aromatic heterocycles. The number of anilines is 2. The number of carbonyl (C=O) groups excluding carboxylic acids is 2. The van der Waals surface area contributed by atoms with Crippen molar-refractivity contribution in [3.05, 3.63) is 83.4 Å². The molecule has 37 heavy (non-hydrogen) atoms. The normalized spacial score (nSPS) is 13.6. The number of hydrogen-bond donors (Lipinski definition) is 3. The number of carboxylic acids is 1. The number of hydrogen-bond acceptors (Lipinski definition) is 3. The standard InChI is InChI=1S/C30H33N3O4/c1-20-10-9-11-21(2)28(20)32-30(37)31-26-18-23(22-12-5-3-6-13-22)16-17-25(26)29(36)33(19-27(34)35)24-14-7-4-8-15-24/h3,5-6,9-13,16-18,24H,4,7-8,14-15,19H2,1-2H3,(H,34,35)(H2,31,32,37). The van der Waals surface area contributed by atoms with Crippen LogP contribution in [0.2, 0.25) is 0 Å². The molecule has 3 aromatic carbocycles. The lowest BCUT2D eigenvalue weighted by molar-refractivity contribution is -0.138. The van der Waals surface area contributed by atoms with Gasteiger partial charge in [0.05, 0.1) is 11.3 Å². The number of para-hydroxylation sites is 1. The first-order valence-corrected chi connectivity index (χ1v) is 12.7. The summed E-state index contributed by atoms with van der Waals surface area (Å²) in [4.78, 5) is 40.0. The topological polar surface area (TPSA) is 98.7 Å². The van der Waals surface area contributed by atoms with Crippen LogP contribution < -0.4 is 10.6 Å². The van der Waals surface area contributed by atoms with Crippen LogP contribution in [0.25, 0.3) is 11.1 Å². The van der Waals surface area contributed by atoms with Crippen LogP contribution in [0.15, 0.2) is 66.7 Å². The fraction of sp³-hybridized carbons (Fsp3) is 0.300. The first kappa shape index (κ1) is 25.9. The van der Waals surface area contributed by atoms with E-state index in [9.17, 15) is 19.5 Å². The van der Waals surface area contributed by atoms with Gasteiger partial charge in [-0.15, -0.1) is 0 Å². The predicted molar refractivity (Wildman–Crippen MR) is 146 cm³/mol. The van der Waals surface area contributed by atoms with E-state index in [4.69, 9.17) is 0 Å². The highest BCUT2D eigenvalue weighted by molar-refractivity contribution is 6.08. The molecule has 3 aromatic rings. The summed E-state index contributed by atoms with van der Waals surface area (Å²) in [5, 5.41) is 15.3. The van der Waals surface area contributed by atoms with Gasteiger partial charge in [-0.3, -0.25) is 9.59 Å². The third-order valence-electron chi connectivity index (χ3n) is 6.91. The third kappa shape index (κ3) is 6.36. The smallest absolute Gasteiger partial charge is 0.323 e. The molecule has 7 nitrogen and oxygen atoms in total. The number of carboxylic acid groups (broad SMARTS) is 1. The van der Waals surface area contributed by atoms with Crippen molar-refractivity contribution < 1.29 is 19.5 Å². The van der Waals surface area contributed by atoms with Gasteiger partial charge in [0.15, 0.2) is 0 Å². The largest absolute Gasteiger partial charge is 0.480 e. The summed E-state index contributed by atoms with van der Waals surface area (Å²) in [6.45, 7) is 3.46. The average molecular weight is 500 g/mol. The molecular formula is C30H33N3O4. The molecule has 0 saturated heterocycles. The molecule has 0 atom stereocenters. The molecule has 192 valence electrons. The van der Waals surface area contributed by atoms with Crippen LogP contribution in [0.5, 0.6) is 0 Å². The lowest BCUT2D eigenvalue weighted by Crippen LogP contribution is -2.44. The predicted octanol–water partition coefficient (Wildman–Crippen LogP) is 6.47. The van der Waals surface area contributed by atoms with E-state index in [0.717, 1.165) is 54.4 Å². The molecule has 3 N–H and O–H groups in total. The Bertz CT molecular complexity index is 1260. The maximum atomic E-state index is 13.8. The summed E-state index contributed by atoms with van der Waals surface area (Å²) < 4.78 is 0. The van der Waals surface area contributed by atoms with E-state index in [1.54, 1.807) is 12.1 Å². The van der Waals surface area contributed by atoms with Gasteiger partial charge in [-0.2, -0.15) is 0 Å². The molecule has 0 radical (unpaired) electrons. The lowest BCUT2D eigenvalue weighted by atomic mass is 9.93. The number of aryl methyl sites for hydroxylation is 2. The van der Waals surface area contributed by atoms with Crippen LogP contribution in [0.4, 0.5) is 16.2 Å². The quantitative estimate of drug-likeness (QED) is 0.347. The highest BCUT2D eigenvalue weighted by atomic mass is 16.4. The average Bonchev–Trinajstić information content (AvgIpc) is 2.90. The molecule has 4 rings (SSSR count). The highest BCUT2D eigenvalue weighted by Gasteiger charge is 2.30. The van der Waals surface area contributed by atoms with Gasteiger partial charge in [0.25, 0.3) is 5.91 Å². The fourth-order valence-corrected chi connectivity index (χ4v) is 4.98. The summed E-state index contributed by atoms with van der Waals surface area (Å²) in [5.74, 6) is -1.45. The Morgan fingerprint density at radius 2 is 1.51 bits per heavy atom. The molecule has 1 fully saturated rings. The number of aliphatic carboxylic acids is 1. The molecule has 1 aliphatic carbocycles. The summed E-state index contributed by atoms with van der Waals surface area (Å²) in [5.41, 5.74) is 4.94. The summed E-state index contributed by atoms with van der Waals surface area (Å²) >= 11 is 0. The van der Waals surface area contributed by atoms with Crippen molar-refractivity contribution >= 4 is 29.3 Å². The summed E-state index contributed by atoms with van der Waals surface area (Å²) in [6.07, 6.45) is 4.56. The lowest BCUT2D eigenvalue weighted by Gasteiger charge is -2.33. The minimum Gasteiger partial charge on any atom is -0.480 e. The Morgan fingerprint density at radius 1 is 0.838 bits per heavy atom. The van der Waals surface area contributed by atoms with Gasteiger partial charge in [-0.25, -0.2) is 4.79 Å². The van der Waals surface area contributed by atoms with E-state index in [0.29, 0.717) is 11.4 Å². The van der Waals surface area contributed by atoms with Gasteiger partial charge in [0.2, 0.25) is 0 Å². The molecular weight excluding hydrogens is 466 g/mol. The Kier molecular flexibility index (Phi) is 8.23. The monoisotopic (exact) mass is 499 g/mol. The number of urea groups is 1. The Morgan fingerprint density at radius 3 is 2.16 bits per heavy atom. The van der Waals surface area contributed by atoms with Crippen LogP contribution in [-0.4, -0.2) is 40.5 Å². The minimum absolute atomic E-state index is 0.137. The van der Waals surface area contributed by atoms with Crippen LogP contribution in [0, 0.1) is 13.8 Å². The van der Waals surface area contributed by atoms with E-state index in [-0.39, 0.29) is 18.2 Å². The molecule has 0 bridgehead atoms. The fourth-order valence-electron chi connectivity index (χ4n) is 4.98. The molecule has 0 heterocycles. The number of nitrogens with zero attached hydrogens (tertiary/aromatic N) is 1. The van der Waals surface area contributed by atoms with Crippen LogP contribution in [0.1, 0.15) is 53.6 Å². The van der Waals surface area contributed by atoms with Crippen molar-refractivity contribution in [1.29, 1.82) is 0 Å². The van der Waals surface area contributed by atoms with Gasteiger partial charge in [0.1, 0.15) is 6.54 Å². The van der Waals surface area contributed by atoms with Gasteiger partial charge in [-0.05, 0) is 61.1 Å². The van der Waals surface area contributed by atoms with Crippen molar-refractivity contribution in [2.24, 2.45) is 0 Å². The second-order valence-corrected chi connectivity index (χ2v) is 9.59. The molecule has 3 amide bonds. The first-order chi connectivity index (χ1) is 17.8. The third-order valence-corrected chi connectivity index (χ3v) is 6.91. The molecule has 1 saturated carbocycles. The van der Waals surface area contributed by atoms with Crippen molar-refractivity contribution in [1.82, 2.24) is 4.90 Å². The van der Waals surface area contributed by atoms with Crippen LogP contribution in [-0.2, 0) is 4.79 Å². The summed E-state index contributed by atoms with van der Waals surface area (Å²) in [6, 6.07) is 20.1. The SMILES string of the molecule is Cc1cccc(C)c1NC(=O)Nc1cc(-c2ccccc2)ccc1C(=O)N(CC(=O)O)C1CCCCC1. The van der Waals surface area contributed by atoms with Gasteiger partial charge >= 0.3 is 12.0 Å². The molecule has 0 spiro atoms. The van der Waals surface area contributed by atoms with Gasteiger partial charge < -0.3 is 20.6 Å². The Hall–Kier alpha value is -4.13. The van der Waals surface area contributed by atoms with Crippen LogP contribution >= 0.6 is 0 Å². The molecule has 1 aliphatic rings. The second-order valence-electron chi connectivity index (χ2n) is 9.59. The van der Waals surface area contributed by atoms with Gasteiger partial charge in [-0.1, -0.05) is 73.9 Å².